The number of rotatable bonds is 10. The van der Waals surface area contributed by atoms with Crippen LogP contribution in [0.15, 0.2) is 89.0 Å². The van der Waals surface area contributed by atoms with E-state index in [0.29, 0.717) is 5.69 Å². The molecule has 1 heterocycles. The topological polar surface area (TPSA) is 159 Å². The summed E-state index contributed by atoms with van der Waals surface area (Å²) < 4.78 is 67.9. The van der Waals surface area contributed by atoms with E-state index in [1.807, 2.05) is 0 Å². The van der Waals surface area contributed by atoms with Gasteiger partial charge >= 0.3 is 26.2 Å². The molecule has 0 aliphatic rings. The summed E-state index contributed by atoms with van der Waals surface area (Å²) in [7, 11) is -8.92. The maximum absolute atomic E-state index is 13.0. The highest BCUT2D eigenvalue weighted by Crippen LogP contribution is 2.37. The van der Waals surface area contributed by atoms with Gasteiger partial charge in [-0.1, -0.05) is 35.4 Å². The molecule has 0 aliphatic carbocycles. The third-order valence-electron chi connectivity index (χ3n) is 5.30. The van der Waals surface area contributed by atoms with E-state index >= 15 is 0 Å². The van der Waals surface area contributed by atoms with Crippen molar-refractivity contribution in [2.45, 2.75) is 30.2 Å². The number of aromatic carboxylic acids is 1. The number of ether oxygens (including phenoxy) is 1. The Hall–Kier alpha value is -4.49. The van der Waals surface area contributed by atoms with Crippen molar-refractivity contribution in [2.75, 3.05) is 0 Å². The zero-order valence-corrected chi connectivity index (χ0v) is 22.3. The van der Waals surface area contributed by atoms with Crippen LogP contribution >= 0.6 is 0 Å². The van der Waals surface area contributed by atoms with Gasteiger partial charge in [0.1, 0.15) is 39.8 Å². The quantitative estimate of drug-likeness (QED) is 0.275. The van der Waals surface area contributed by atoms with Crippen LogP contribution in [-0.2, 0) is 26.8 Å². The molecule has 1 N–H and O–H groups in total. The molecule has 0 amide bonds. The molecule has 11 nitrogen and oxygen atoms in total. The van der Waals surface area contributed by atoms with Crippen LogP contribution in [0.4, 0.5) is 0 Å². The largest absolute Gasteiger partial charge is 0.486 e. The average Bonchev–Trinajstić information content (AvgIpc) is 2.87. The summed E-state index contributed by atoms with van der Waals surface area (Å²) in [6, 6.07) is 14.9. The van der Waals surface area contributed by atoms with E-state index in [4.69, 9.17) is 13.1 Å². The van der Waals surface area contributed by atoms with Crippen LogP contribution in [0.2, 0.25) is 0 Å². The standard InChI is InChI=1S/C26H22N2O9S2/c1-17-3-7-21(8-4-17)38(31,32)36-20-13-23(35-15-19-11-12-27-16-28-19)25(26(29)30)24(14-20)37-39(33,34)22-9-5-18(2)6-10-22/h3-14,16H,15H2,1-2H3,(H,29,30). The van der Waals surface area contributed by atoms with Crippen LogP contribution in [0.1, 0.15) is 27.2 Å². The Morgan fingerprint density at radius 2 is 1.33 bits per heavy atom. The molecule has 0 fully saturated rings. The summed E-state index contributed by atoms with van der Waals surface area (Å²) in [6.45, 7) is 3.29. The number of aryl methyl sites for hydroxylation is 2. The number of hydrogen-bond acceptors (Lipinski definition) is 10. The zero-order chi connectivity index (χ0) is 28.2. The summed E-state index contributed by atoms with van der Waals surface area (Å²) in [6.07, 6.45) is 2.70. The normalized spacial score (nSPS) is 11.5. The molecule has 3 aromatic carbocycles. The number of benzene rings is 3. The van der Waals surface area contributed by atoms with Crippen LogP contribution in [0.5, 0.6) is 17.2 Å². The van der Waals surface area contributed by atoms with Gasteiger partial charge in [0.2, 0.25) is 0 Å². The van der Waals surface area contributed by atoms with Gasteiger partial charge in [0.25, 0.3) is 0 Å². The first-order valence-electron chi connectivity index (χ1n) is 11.3. The molecule has 13 heteroatoms. The molecular weight excluding hydrogens is 548 g/mol. The van der Waals surface area contributed by atoms with Gasteiger partial charge in [-0.25, -0.2) is 14.8 Å². The van der Waals surface area contributed by atoms with Crippen molar-refractivity contribution >= 4 is 26.2 Å². The van der Waals surface area contributed by atoms with Crippen molar-refractivity contribution in [3.8, 4) is 17.2 Å². The summed E-state index contributed by atoms with van der Waals surface area (Å²) in [5.74, 6) is -3.15. The fourth-order valence-corrected chi connectivity index (χ4v) is 5.16. The summed E-state index contributed by atoms with van der Waals surface area (Å²) in [5.41, 5.74) is 1.31. The molecular formula is C26H22N2O9S2. The first-order chi connectivity index (χ1) is 18.4. The van der Waals surface area contributed by atoms with E-state index in [1.54, 1.807) is 26.0 Å². The van der Waals surface area contributed by atoms with Gasteiger partial charge in [0.15, 0.2) is 5.75 Å². The van der Waals surface area contributed by atoms with E-state index < -0.39 is 49.0 Å². The van der Waals surface area contributed by atoms with Gasteiger partial charge < -0.3 is 18.2 Å². The van der Waals surface area contributed by atoms with E-state index in [-0.39, 0.29) is 16.4 Å². The Labute approximate surface area is 224 Å². The fourth-order valence-electron chi connectivity index (χ4n) is 3.31. The molecule has 0 radical (unpaired) electrons. The van der Waals surface area contributed by atoms with E-state index in [9.17, 15) is 26.7 Å². The summed E-state index contributed by atoms with van der Waals surface area (Å²) >= 11 is 0. The Balaban J connectivity index is 1.79. The Morgan fingerprint density at radius 3 is 1.85 bits per heavy atom. The van der Waals surface area contributed by atoms with Gasteiger partial charge in [-0.15, -0.1) is 0 Å². The first kappa shape index (κ1) is 27.5. The van der Waals surface area contributed by atoms with Gasteiger partial charge in [0.05, 0.1) is 5.69 Å². The molecule has 0 unspecified atom stereocenters. The highest BCUT2D eigenvalue weighted by atomic mass is 32.2. The van der Waals surface area contributed by atoms with Crippen LogP contribution < -0.4 is 13.1 Å². The molecule has 1 aromatic heterocycles. The zero-order valence-electron chi connectivity index (χ0n) is 20.6. The molecule has 0 saturated carbocycles. The van der Waals surface area contributed by atoms with Crippen LogP contribution in [0.25, 0.3) is 0 Å². The second-order valence-corrected chi connectivity index (χ2v) is 11.4. The number of hydrogen-bond donors (Lipinski definition) is 1. The van der Waals surface area contributed by atoms with Crippen molar-refractivity contribution in [3.05, 3.63) is 102 Å². The Bertz CT molecular complexity index is 1710. The third-order valence-corrected chi connectivity index (χ3v) is 7.81. The molecule has 0 aliphatic heterocycles. The number of aromatic nitrogens is 2. The van der Waals surface area contributed by atoms with Gasteiger partial charge in [0, 0.05) is 18.3 Å². The molecule has 0 saturated heterocycles. The second-order valence-electron chi connectivity index (χ2n) is 8.29. The highest BCUT2D eigenvalue weighted by Gasteiger charge is 2.28. The molecule has 4 rings (SSSR count). The molecule has 202 valence electrons. The van der Waals surface area contributed by atoms with Crippen LogP contribution in [-0.4, -0.2) is 37.9 Å². The Morgan fingerprint density at radius 1 is 0.795 bits per heavy atom. The predicted molar refractivity (Wildman–Crippen MR) is 138 cm³/mol. The van der Waals surface area contributed by atoms with E-state index in [2.05, 4.69) is 9.97 Å². The minimum absolute atomic E-state index is 0.173. The molecule has 0 bridgehead atoms. The number of carboxylic acid groups (broad SMARTS) is 1. The molecule has 0 spiro atoms. The first-order valence-corrected chi connectivity index (χ1v) is 14.1. The molecule has 0 atom stereocenters. The summed E-state index contributed by atoms with van der Waals surface area (Å²) in [4.78, 5) is 19.6. The van der Waals surface area contributed by atoms with E-state index in [1.165, 1.54) is 55.0 Å². The Kier molecular flexibility index (Phi) is 7.83. The van der Waals surface area contributed by atoms with Gasteiger partial charge in [-0.3, -0.25) is 0 Å². The maximum atomic E-state index is 13.0. The SMILES string of the molecule is Cc1ccc(S(=O)(=O)Oc2cc(OCc3ccncn3)c(C(=O)O)c(OS(=O)(=O)c3ccc(C)cc3)c2)cc1. The number of nitrogens with zero attached hydrogens (tertiary/aromatic N) is 2. The number of carbonyl (C=O) groups is 1. The monoisotopic (exact) mass is 570 g/mol. The lowest BCUT2D eigenvalue weighted by molar-refractivity contribution is 0.0689. The van der Waals surface area contributed by atoms with Crippen molar-refractivity contribution in [3.63, 3.8) is 0 Å². The lowest BCUT2D eigenvalue weighted by Crippen LogP contribution is -2.15. The van der Waals surface area contributed by atoms with Crippen molar-refractivity contribution in [1.82, 2.24) is 9.97 Å². The van der Waals surface area contributed by atoms with Crippen LogP contribution in [0, 0.1) is 13.8 Å². The highest BCUT2D eigenvalue weighted by molar-refractivity contribution is 7.87. The lowest BCUT2D eigenvalue weighted by Gasteiger charge is -2.16. The van der Waals surface area contributed by atoms with Gasteiger partial charge in [-0.05, 0) is 44.2 Å². The fraction of sp³-hybridized carbons (Fsp3) is 0.115. The number of carboxylic acids is 1. The van der Waals surface area contributed by atoms with Gasteiger partial charge in [-0.2, -0.15) is 16.8 Å². The van der Waals surface area contributed by atoms with Crippen molar-refractivity contribution in [2.24, 2.45) is 0 Å². The minimum Gasteiger partial charge on any atom is -0.486 e. The van der Waals surface area contributed by atoms with Crippen molar-refractivity contribution < 1.29 is 39.8 Å². The third kappa shape index (κ3) is 6.69. The summed E-state index contributed by atoms with van der Waals surface area (Å²) in [5, 5.41) is 9.94. The average molecular weight is 571 g/mol. The maximum Gasteiger partial charge on any atom is 0.343 e. The smallest absolute Gasteiger partial charge is 0.343 e. The second kappa shape index (κ2) is 11.1. The molecule has 4 aromatic rings. The van der Waals surface area contributed by atoms with E-state index in [0.717, 1.165) is 23.3 Å². The minimum atomic E-state index is -4.53. The van der Waals surface area contributed by atoms with Crippen LogP contribution in [0.3, 0.4) is 0 Å². The molecule has 39 heavy (non-hydrogen) atoms. The lowest BCUT2D eigenvalue weighted by atomic mass is 10.1. The van der Waals surface area contributed by atoms with Crippen molar-refractivity contribution in [1.29, 1.82) is 0 Å². The predicted octanol–water partition coefficient (Wildman–Crippen LogP) is 3.91.